The highest BCUT2D eigenvalue weighted by Gasteiger charge is 2.24. The zero-order valence-electron chi connectivity index (χ0n) is 9.55. The van der Waals surface area contributed by atoms with Crippen LogP contribution in [0.4, 0.5) is 0 Å². The molecule has 0 aliphatic rings. The molecule has 0 aromatic rings. The number of aliphatic hydroxyl groups excluding tert-OH is 3. The van der Waals surface area contributed by atoms with Crippen molar-refractivity contribution in [2.45, 2.75) is 0 Å². The van der Waals surface area contributed by atoms with E-state index < -0.39 is 42.6 Å². The Bertz CT molecular complexity index is 361. The maximum atomic E-state index is 11.2. The molecule has 0 rings (SSSR count). The third-order valence-corrected chi connectivity index (χ3v) is 2.17. The van der Waals surface area contributed by atoms with Crippen molar-refractivity contribution in [1.29, 1.82) is 0 Å². The van der Waals surface area contributed by atoms with Gasteiger partial charge in [-0.15, -0.1) is 0 Å². The van der Waals surface area contributed by atoms with E-state index in [0.717, 1.165) is 12.2 Å². The molecule has 1 radical (unpaired) electrons. The van der Waals surface area contributed by atoms with Crippen LogP contribution in [-0.2, 0) is 14.4 Å². The Labute approximate surface area is 103 Å². The summed E-state index contributed by atoms with van der Waals surface area (Å²) in [7, 11) is 0. The molecular weight excluding hydrogens is 242 g/mol. The Morgan fingerprint density at radius 3 is 2.11 bits per heavy atom. The van der Waals surface area contributed by atoms with Crippen LogP contribution in [0.3, 0.4) is 0 Å². The van der Waals surface area contributed by atoms with Gasteiger partial charge in [0.05, 0.1) is 30.8 Å². The van der Waals surface area contributed by atoms with E-state index in [4.69, 9.17) is 15.3 Å². The van der Waals surface area contributed by atoms with Crippen LogP contribution in [0.1, 0.15) is 0 Å². The molecule has 7 heteroatoms. The molecule has 0 bridgehead atoms. The van der Waals surface area contributed by atoms with Crippen molar-refractivity contribution < 1.29 is 29.7 Å². The molecular formula is C11H14NO6. The first-order valence-electron chi connectivity index (χ1n) is 4.89. The van der Waals surface area contributed by atoms with E-state index in [1.54, 1.807) is 5.32 Å². The highest BCUT2D eigenvalue weighted by Crippen LogP contribution is 2.16. The van der Waals surface area contributed by atoms with Gasteiger partial charge in [0.25, 0.3) is 11.8 Å². The summed E-state index contributed by atoms with van der Waals surface area (Å²) >= 11 is 0. The van der Waals surface area contributed by atoms with Crippen LogP contribution in [0.15, 0.2) is 24.3 Å². The van der Waals surface area contributed by atoms with E-state index in [-0.39, 0.29) is 0 Å². The summed E-state index contributed by atoms with van der Waals surface area (Å²) in [5.74, 6) is -1.88. The minimum absolute atomic E-state index is 0.533. The lowest BCUT2D eigenvalue weighted by Gasteiger charge is -2.22. The van der Waals surface area contributed by atoms with Crippen LogP contribution in [0.5, 0.6) is 0 Å². The van der Waals surface area contributed by atoms with Crippen molar-refractivity contribution in [3.05, 3.63) is 24.3 Å². The Morgan fingerprint density at radius 1 is 1.22 bits per heavy atom. The van der Waals surface area contributed by atoms with Gasteiger partial charge in [-0.05, 0) is 0 Å². The summed E-state index contributed by atoms with van der Waals surface area (Å²) in [6.45, 7) is 1.32. The first-order chi connectivity index (χ1) is 8.44. The normalized spacial score (nSPS) is 11.3. The van der Waals surface area contributed by atoms with Crippen LogP contribution >= 0.6 is 0 Å². The van der Waals surface area contributed by atoms with E-state index >= 15 is 0 Å². The molecule has 18 heavy (non-hydrogen) atoms. The molecule has 0 atom stereocenters. The number of amides is 2. The van der Waals surface area contributed by atoms with Gasteiger partial charge in [0.15, 0.2) is 0 Å². The molecule has 0 fully saturated rings. The third-order valence-electron chi connectivity index (χ3n) is 2.17. The molecule has 0 saturated heterocycles. The number of nitrogens with one attached hydrogen (secondary N) is 1. The number of rotatable bonds is 7. The van der Waals surface area contributed by atoms with Gasteiger partial charge in [-0.3, -0.25) is 19.7 Å². The average molecular weight is 256 g/mol. The standard InChI is InChI=1S/C11H14NO6/c1-8(4-13)10(18)12-9(17)2-3-11(5-14,6-15)7-16/h2-3,14-16H,1,5-7H2,(H,12,17,18). The largest absolute Gasteiger partial charge is 0.395 e. The number of aliphatic hydroxyl groups is 3. The SMILES string of the molecule is C=C([C]=O)C(=O)NC(=O)C=CC(CO)(CO)CO. The molecule has 0 saturated carbocycles. The number of carbonyl (C=O) groups excluding carboxylic acids is 3. The van der Waals surface area contributed by atoms with Gasteiger partial charge in [0, 0.05) is 6.08 Å². The third kappa shape index (κ3) is 4.58. The molecule has 99 valence electrons. The first kappa shape index (κ1) is 16.2. The van der Waals surface area contributed by atoms with Crippen LogP contribution in [0, 0.1) is 5.41 Å². The summed E-state index contributed by atoms with van der Waals surface area (Å²) in [4.78, 5) is 32.3. The Balaban J connectivity index is 4.61. The number of imide groups is 1. The predicted octanol–water partition coefficient (Wildman–Crippen LogP) is -2.19. The Morgan fingerprint density at radius 2 is 1.72 bits per heavy atom. The fourth-order valence-electron chi connectivity index (χ4n) is 0.836. The topological polar surface area (TPSA) is 124 Å². The van der Waals surface area contributed by atoms with Gasteiger partial charge >= 0.3 is 0 Å². The molecule has 0 unspecified atom stereocenters. The van der Waals surface area contributed by atoms with Crippen molar-refractivity contribution >= 4 is 18.1 Å². The second-order valence-electron chi connectivity index (χ2n) is 3.57. The molecule has 4 N–H and O–H groups in total. The van der Waals surface area contributed by atoms with Crippen LogP contribution in [0.2, 0.25) is 0 Å². The number of hydrogen-bond acceptors (Lipinski definition) is 6. The van der Waals surface area contributed by atoms with Crippen molar-refractivity contribution in [2.24, 2.45) is 5.41 Å². The van der Waals surface area contributed by atoms with Crippen molar-refractivity contribution in [3.63, 3.8) is 0 Å². The lowest BCUT2D eigenvalue weighted by Crippen LogP contribution is -2.34. The maximum Gasteiger partial charge on any atom is 0.261 e. The Hall–Kier alpha value is -1.83. The van der Waals surface area contributed by atoms with Crippen molar-refractivity contribution in [2.75, 3.05) is 19.8 Å². The van der Waals surface area contributed by atoms with E-state index in [9.17, 15) is 14.4 Å². The van der Waals surface area contributed by atoms with Gasteiger partial charge in [-0.25, -0.2) is 0 Å². The highest BCUT2D eigenvalue weighted by atomic mass is 16.3. The zero-order valence-corrected chi connectivity index (χ0v) is 9.55. The van der Waals surface area contributed by atoms with E-state index in [1.165, 1.54) is 6.29 Å². The quantitative estimate of drug-likeness (QED) is 0.233. The molecule has 0 aromatic carbocycles. The molecule has 0 spiro atoms. The molecule has 0 heterocycles. The van der Waals surface area contributed by atoms with E-state index in [1.807, 2.05) is 0 Å². The summed E-state index contributed by atoms with van der Waals surface area (Å²) in [5, 5.41) is 28.7. The molecule has 2 amide bonds. The summed E-state index contributed by atoms with van der Waals surface area (Å²) < 4.78 is 0. The Kier molecular flexibility index (Phi) is 6.73. The van der Waals surface area contributed by atoms with Gasteiger partial charge in [0.1, 0.15) is 0 Å². The monoisotopic (exact) mass is 256 g/mol. The predicted molar refractivity (Wildman–Crippen MR) is 60.8 cm³/mol. The second-order valence-corrected chi connectivity index (χ2v) is 3.57. The average Bonchev–Trinajstić information content (AvgIpc) is 2.39. The second kappa shape index (κ2) is 7.49. The van der Waals surface area contributed by atoms with Gasteiger partial charge < -0.3 is 15.3 Å². The van der Waals surface area contributed by atoms with Gasteiger partial charge in [0.2, 0.25) is 6.29 Å². The fourth-order valence-corrected chi connectivity index (χ4v) is 0.836. The number of hydrogen-bond donors (Lipinski definition) is 4. The highest BCUT2D eigenvalue weighted by molar-refractivity contribution is 6.16. The zero-order chi connectivity index (χ0) is 14.2. The molecule has 0 aliphatic carbocycles. The summed E-state index contributed by atoms with van der Waals surface area (Å²) in [6, 6.07) is 0. The minimum Gasteiger partial charge on any atom is -0.395 e. The fraction of sp³-hybridized carbons (Fsp3) is 0.364. The molecule has 0 aromatic heterocycles. The maximum absolute atomic E-state index is 11.2. The van der Waals surface area contributed by atoms with Crippen LogP contribution in [0.25, 0.3) is 0 Å². The summed E-state index contributed by atoms with van der Waals surface area (Å²) in [6.07, 6.45) is 3.16. The smallest absolute Gasteiger partial charge is 0.261 e. The van der Waals surface area contributed by atoms with Crippen LogP contribution in [-0.4, -0.2) is 53.2 Å². The lowest BCUT2D eigenvalue weighted by molar-refractivity contribution is -0.125. The van der Waals surface area contributed by atoms with Crippen LogP contribution < -0.4 is 5.32 Å². The van der Waals surface area contributed by atoms with Crippen molar-refractivity contribution in [3.8, 4) is 0 Å². The lowest BCUT2D eigenvalue weighted by atomic mass is 9.91. The molecule has 0 aliphatic heterocycles. The molecule has 7 nitrogen and oxygen atoms in total. The summed E-state index contributed by atoms with van der Waals surface area (Å²) in [5.41, 5.74) is -1.89. The van der Waals surface area contributed by atoms with Crippen molar-refractivity contribution in [1.82, 2.24) is 5.32 Å². The van der Waals surface area contributed by atoms with E-state index in [0.29, 0.717) is 0 Å². The first-order valence-corrected chi connectivity index (χ1v) is 4.89. The minimum atomic E-state index is -1.35. The number of carbonyl (C=O) groups is 2. The van der Waals surface area contributed by atoms with E-state index in [2.05, 4.69) is 6.58 Å². The van der Waals surface area contributed by atoms with Gasteiger partial charge in [-0.1, -0.05) is 12.7 Å². The van der Waals surface area contributed by atoms with Gasteiger partial charge in [-0.2, -0.15) is 0 Å².